The van der Waals surface area contributed by atoms with Gasteiger partial charge in [0.15, 0.2) is 0 Å². The SMILES string of the molecule is C#CCOc1ccc2c(c1)OCC=C2.C#CCOc1cccc2c1C=CCC2. The molecule has 0 spiro atoms. The van der Waals surface area contributed by atoms with E-state index in [2.05, 4.69) is 30.1 Å². The maximum absolute atomic E-state index is 5.47. The Kier molecular flexibility index (Phi) is 6.83. The van der Waals surface area contributed by atoms with E-state index in [1.165, 1.54) is 11.1 Å². The van der Waals surface area contributed by atoms with Gasteiger partial charge in [-0.25, -0.2) is 0 Å². The standard InChI is InChI=1S/C13H12O.C12H10O2/c1-2-10-14-13-9-5-7-11-6-3-4-8-12(11)13;1-2-7-13-11-6-5-10-4-3-8-14-12(10)9-11/h1,4-5,7-9H,3,6,10H2;1,3-6,9H,7-8H2. The van der Waals surface area contributed by atoms with Crippen LogP contribution in [0, 0.1) is 24.7 Å². The Bertz CT molecular complexity index is 955. The Morgan fingerprint density at radius 2 is 1.82 bits per heavy atom. The number of fused-ring (bicyclic) bond motifs is 2. The Morgan fingerprint density at radius 1 is 0.964 bits per heavy atom. The van der Waals surface area contributed by atoms with Crippen molar-refractivity contribution in [3.63, 3.8) is 0 Å². The van der Waals surface area contributed by atoms with Crippen LogP contribution in [0.3, 0.4) is 0 Å². The van der Waals surface area contributed by atoms with Crippen molar-refractivity contribution < 1.29 is 14.2 Å². The van der Waals surface area contributed by atoms with Crippen molar-refractivity contribution in [3.05, 3.63) is 65.2 Å². The first-order valence-corrected chi connectivity index (χ1v) is 9.16. The molecule has 0 fully saturated rings. The highest BCUT2D eigenvalue weighted by Gasteiger charge is 2.09. The molecule has 28 heavy (non-hydrogen) atoms. The minimum Gasteiger partial charge on any atom is -0.489 e. The van der Waals surface area contributed by atoms with Crippen LogP contribution < -0.4 is 14.2 Å². The quantitative estimate of drug-likeness (QED) is 0.726. The van der Waals surface area contributed by atoms with Gasteiger partial charge in [-0.3, -0.25) is 0 Å². The van der Waals surface area contributed by atoms with Gasteiger partial charge in [-0.2, -0.15) is 0 Å². The third-order valence-corrected chi connectivity index (χ3v) is 4.27. The lowest BCUT2D eigenvalue weighted by molar-refractivity contribution is 0.345. The predicted molar refractivity (Wildman–Crippen MR) is 113 cm³/mol. The molecule has 2 aromatic rings. The first-order chi connectivity index (χ1) is 13.8. The summed E-state index contributed by atoms with van der Waals surface area (Å²) in [6.45, 7) is 1.24. The highest BCUT2D eigenvalue weighted by Crippen LogP contribution is 2.29. The maximum Gasteiger partial charge on any atom is 0.148 e. The minimum atomic E-state index is 0.286. The molecule has 0 N–H and O–H groups in total. The van der Waals surface area contributed by atoms with Gasteiger partial charge in [-0.05, 0) is 42.7 Å². The average Bonchev–Trinajstić information content (AvgIpc) is 2.76. The Labute approximate surface area is 166 Å². The van der Waals surface area contributed by atoms with Crippen molar-refractivity contribution in [3.8, 4) is 41.9 Å². The van der Waals surface area contributed by atoms with Crippen LogP contribution in [0.2, 0.25) is 0 Å². The van der Waals surface area contributed by atoms with E-state index in [1.807, 2.05) is 42.5 Å². The largest absolute Gasteiger partial charge is 0.489 e. The predicted octanol–water partition coefficient (Wildman–Crippen LogP) is 4.76. The summed E-state index contributed by atoms with van der Waals surface area (Å²) in [6, 6.07) is 11.8. The summed E-state index contributed by atoms with van der Waals surface area (Å²) in [5.74, 6) is 7.39. The molecule has 0 unspecified atom stereocenters. The first kappa shape index (κ1) is 19.2. The fraction of sp³-hybridized carbons (Fsp3) is 0.200. The number of hydrogen-bond donors (Lipinski definition) is 0. The second-order valence-corrected chi connectivity index (χ2v) is 6.17. The molecule has 0 bridgehead atoms. The smallest absolute Gasteiger partial charge is 0.148 e. The summed E-state index contributed by atoms with van der Waals surface area (Å²) in [6.07, 6.45) is 20.8. The Hall–Kier alpha value is -3.56. The van der Waals surface area contributed by atoms with E-state index in [1.54, 1.807) is 0 Å². The van der Waals surface area contributed by atoms with Crippen molar-refractivity contribution in [1.82, 2.24) is 0 Å². The molecular formula is C25H22O3. The summed E-state index contributed by atoms with van der Waals surface area (Å²) < 4.78 is 16.2. The van der Waals surface area contributed by atoms with Gasteiger partial charge in [-0.1, -0.05) is 42.2 Å². The molecule has 2 aromatic carbocycles. The Morgan fingerprint density at radius 3 is 2.68 bits per heavy atom. The molecule has 0 amide bonds. The third-order valence-electron chi connectivity index (χ3n) is 4.27. The van der Waals surface area contributed by atoms with E-state index in [9.17, 15) is 0 Å². The molecule has 0 atom stereocenters. The molecule has 2 aliphatic rings. The molecule has 1 aliphatic heterocycles. The zero-order valence-corrected chi connectivity index (χ0v) is 15.7. The van der Waals surface area contributed by atoms with Crippen molar-refractivity contribution in [2.24, 2.45) is 0 Å². The zero-order chi connectivity index (χ0) is 19.6. The van der Waals surface area contributed by atoms with Gasteiger partial charge in [-0.15, -0.1) is 12.8 Å². The molecule has 1 aliphatic carbocycles. The molecule has 0 aromatic heterocycles. The van der Waals surface area contributed by atoms with Crippen LogP contribution in [-0.4, -0.2) is 19.8 Å². The zero-order valence-electron chi connectivity index (χ0n) is 15.7. The van der Waals surface area contributed by atoms with Gasteiger partial charge >= 0.3 is 0 Å². The molecule has 1 heterocycles. The molecule has 140 valence electrons. The van der Waals surface area contributed by atoms with E-state index in [0.29, 0.717) is 13.2 Å². The van der Waals surface area contributed by atoms with Crippen LogP contribution in [0.15, 0.2) is 48.6 Å². The van der Waals surface area contributed by atoms with Crippen LogP contribution in [0.25, 0.3) is 12.2 Å². The van der Waals surface area contributed by atoms with E-state index in [0.717, 1.165) is 35.7 Å². The van der Waals surface area contributed by atoms with Gasteiger partial charge in [0.05, 0.1) is 0 Å². The topological polar surface area (TPSA) is 27.7 Å². The number of benzene rings is 2. The summed E-state index contributed by atoms with van der Waals surface area (Å²) in [7, 11) is 0. The molecule has 0 saturated carbocycles. The van der Waals surface area contributed by atoms with Crippen LogP contribution in [0.1, 0.15) is 23.1 Å². The lowest BCUT2D eigenvalue weighted by atomic mass is 9.97. The van der Waals surface area contributed by atoms with Gasteiger partial charge in [0.25, 0.3) is 0 Å². The Balaban J connectivity index is 0.000000161. The highest BCUT2D eigenvalue weighted by atomic mass is 16.5. The second-order valence-electron chi connectivity index (χ2n) is 6.17. The van der Waals surface area contributed by atoms with Crippen molar-refractivity contribution in [1.29, 1.82) is 0 Å². The van der Waals surface area contributed by atoms with Gasteiger partial charge < -0.3 is 14.2 Å². The maximum atomic E-state index is 5.47. The minimum absolute atomic E-state index is 0.286. The van der Waals surface area contributed by atoms with E-state index in [4.69, 9.17) is 27.1 Å². The summed E-state index contributed by atoms with van der Waals surface area (Å²) >= 11 is 0. The lowest BCUT2D eigenvalue weighted by Gasteiger charge is -2.14. The van der Waals surface area contributed by atoms with Crippen LogP contribution in [0.5, 0.6) is 17.2 Å². The molecule has 3 nitrogen and oxygen atoms in total. The van der Waals surface area contributed by atoms with Gasteiger partial charge in [0, 0.05) is 17.2 Å². The summed E-state index contributed by atoms with van der Waals surface area (Å²) in [4.78, 5) is 0. The first-order valence-electron chi connectivity index (χ1n) is 9.16. The van der Waals surface area contributed by atoms with Crippen LogP contribution >= 0.6 is 0 Å². The van der Waals surface area contributed by atoms with E-state index < -0.39 is 0 Å². The van der Waals surface area contributed by atoms with E-state index >= 15 is 0 Å². The van der Waals surface area contributed by atoms with Crippen LogP contribution in [0.4, 0.5) is 0 Å². The van der Waals surface area contributed by atoms with Crippen molar-refractivity contribution >= 4 is 12.2 Å². The van der Waals surface area contributed by atoms with E-state index in [-0.39, 0.29) is 6.61 Å². The molecule has 0 radical (unpaired) electrons. The number of terminal acetylenes is 2. The van der Waals surface area contributed by atoms with Crippen molar-refractivity contribution in [2.45, 2.75) is 12.8 Å². The fourth-order valence-corrected chi connectivity index (χ4v) is 2.99. The molecular weight excluding hydrogens is 348 g/mol. The highest BCUT2D eigenvalue weighted by molar-refractivity contribution is 5.63. The average molecular weight is 370 g/mol. The van der Waals surface area contributed by atoms with Gasteiger partial charge in [0.1, 0.15) is 37.1 Å². The monoisotopic (exact) mass is 370 g/mol. The lowest BCUT2D eigenvalue weighted by Crippen LogP contribution is -2.01. The summed E-state index contributed by atoms with van der Waals surface area (Å²) in [5.41, 5.74) is 3.61. The number of rotatable bonds is 4. The third kappa shape index (κ3) is 5.00. The molecule has 4 rings (SSSR count). The van der Waals surface area contributed by atoms with Crippen molar-refractivity contribution in [2.75, 3.05) is 19.8 Å². The fourth-order valence-electron chi connectivity index (χ4n) is 2.99. The molecule has 0 saturated heterocycles. The normalized spacial score (nSPS) is 12.8. The number of allylic oxidation sites excluding steroid dienone is 1. The molecule has 3 heteroatoms. The second kappa shape index (κ2) is 9.95. The van der Waals surface area contributed by atoms with Crippen LogP contribution in [-0.2, 0) is 6.42 Å². The summed E-state index contributed by atoms with van der Waals surface area (Å²) in [5, 5.41) is 0. The van der Waals surface area contributed by atoms with Gasteiger partial charge in [0.2, 0.25) is 0 Å². The number of hydrogen-bond acceptors (Lipinski definition) is 3. The number of aryl methyl sites for hydroxylation is 1. The number of ether oxygens (including phenoxy) is 3.